The van der Waals surface area contributed by atoms with E-state index in [1.807, 2.05) is 0 Å². The zero-order chi connectivity index (χ0) is 25.1. The van der Waals surface area contributed by atoms with Gasteiger partial charge < -0.3 is 10.6 Å². The zero-order valence-electron chi connectivity index (χ0n) is 17.7. The molecule has 1 atom stereocenters. The van der Waals surface area contributed by atoms with Crippen molar-refractivity contribution in [2.75, 3.05) is 5.32 Å². The van der Waals surface area contributed by atoms with Gasteiger partial charge >= 0.3 is 6.18 Å². The highest BCUT2D eigenvalue weighted by molar-refractivity contribution is 6.13. The van der Waals surface area contributed by atoms with E-state index in [0.29, 0.717) is 23.3 Å². The highest BCUT2D eigenvalue weighted by atomic mass is 19.4. The molecule has 1 unspecified atom stereocenters. The van der Waals surface area contributed by atoms with E-state index in [0.717, 1.165) is 0 Å². The summed E-state index contributed by atoms with van der Waals surface area (Å²) in [6, 6.07) is 5.94. The second kappa shape index (κ2) is 7.86. The first-order valence-electron chi connectivity index (χ1n) is 10.2. The predicted octanol–water partition coefficient (Wildman–Crippen LogP) is 4.65. The number of aromatic amines is 1. The maximum Gasteiger partial charge on any atom is 0.416 e. The van der Waals surface area contributed by atoms with Gasteiger partial charge in [0, 0.05) is 16.8 Å². The van der Waals surface area contributed by atoms with Gasteiger partial charge in [-0.15, -0.1) is 0 Å². The van der Waals surface area contributed by atoms with Gasteiger partial charge in [-0.2, -0.15) is 28.6 Å². The molecule has 7 nitrogen and oxygen atoms in total. The minimum absolute atomic E-state index is 0.0243. The fourth-order valence-corrected chi connectivity index (χ4v) is 4.14. The summed E-state index contributed by atoms with van der Waals surface area (Å²) in [5.74, 6) is -3.41. The number of alkyl halides is 3. The predicted molar refractivity (Wildman–Crippen MR) is 114 cm³/mol. The molecule has 3 aromatic carbocycles. The molecule has 0 aliphatic carbocycles. The Morgan fingerprint density at radius 3 is 2.54 bits per heavy atom. The fourth-order valence-electron chi connectivity index (χ4n) is 4.14. The van der Waals surface area contributed by atoms with Gasteiger partial charge in [-0.05, 0) is 54.4 Å². The number of carbonyl (C=O) groups is 2. The van der Waals surface area contributed by atoms with E-state index >= 15 is 0 Å². The van der Waals surface area contributed by atoms with Crippen LogP contribution in [0.3, 0.4) is 0 Å². The second-order valence-electron chi connectivity index (χ2n) is 7.99. The van der Waals surface area contributed by atoms with Crippen LogP contribution in [0.25, 0.3) is 11.0 Å². The van der Waals surface area contributed by atoms with Crippen LogP contribution in [0.4, 0.5) is 27.6 Å². The lowest BCUT2D eigenvalue weighted by Crippen LogP contribution is -2.21. The van der Waals surface area contributed by atoms with E-state index in [9.17, 15) is 31.5 Å². The fraction of sp³-hybridized carbons (Fsp3) is 0.130. The van der Waals surface area contributed by atoms with Crippen molar-refractivity contribution in [2.45, 2.75) is 19.1 Å². The maximum absolute atomic E-state index is 14.0. The van der Waals surface area contributed by atoms with Gasteiger partial charge in [0.25, 0.3) is 11.8 Å². The van der Waals surface area contributed by atoms with E-state index in [2.05, 4.69) is 26.0 Å². The van der Waals surface area contributed by atoms with Crippen molar-refractivity contribution in [3.63, 3.8) is 0 Å². The number of aromatic nitrogens is 3. The molecule has 1 aromatic heterocycles. The molecule has 0 saturated carbocycles. The summed E-state index contributed by atoms with van der Waals surface area (Å²) >= 11 is 0. The number of nitrogens with one attached hydrogen (secondary N) is 3. The molecule has 0 fully saturated rings. The Kier molecular flexibility index (Phi) is 5.04. The number of amides is 2. The molecule has 0 bridgehead atoms. The van der Waals surface area contributed by atoms with Crippen molar-refractivity contribution in [1.82, 2.24) is 20.7 Å². The van der Waals surface area contributed by atoms with Crippen molar-refractivity contribution in [1.29, 1.82) is 0 Å². The second-order valence-corrected chi connectivity index (χ2v) is 7.99. The molecule has 4 aromatic rings. The molecule has 2 amide bonds. The molecular weight excluding hydrogens is 473 g/mol. The maximum atomic E-state index is 14.0. The first-order valence-corrected chi connectivity index (χ1v) is 10.2. The third-order valence-electron chi connectivity index (χ3n) is 5.73. The Balaban J connectivity index is 1.65. The lowest BCUT2D eigenvalue weighted by atomic mass is 9.92. The molecule has 5 rings (SSSR count). The summed E-state index contributed by atoms with van der Waals surface area (Å²) < 4.78 is 67.3. The normalized spacial score (nSPS) is 15.3. The van der Waals surface area contributed by atoms with E-state index in [1.54, 1.807) is 6.92 Å². The van der Waals surface area contributed by atoms with Crippen molar-refractivity contribution >= 4 is 28.5 Å². The number of hydrogen-bond donors (Lipinski definition) is 3. The molecule has 0 saturated heterocycles. The van der Waals surface area contributed by atoms with Crippen molar-refractivity contribution in [2.24, 2.45) is 0 Å². The summed E-state index contributed by atoms with van der Waals surface area (Å²) in [5.41, 5.74) is -0.162. The molecule has 1 aliphatic heterocycles. The number of benzene rings is 3. The molecule has 0 radical (unpaired) electrons. The number of H-pyrrole nitrogens is 1. The van der Waals surface area contributed by atoms with Gasteiger partial charge in [-0.25, -0.2) is 8.78 Å². The van der Waals surface area contributed by atoms with E-state index in [-0.39, 0.29) is 33.9 Å². The minimum atomic E-state index is -4.87. The average molecular weight is 487 g/mol. The number of nitrogens with zero attached hydrogens (tertiary/aromatic N) is 2. The Labute approximate surface area is 193 Å². The molecular formula is C23H14F5N5O2. The minimum Gasteiger partial charge on any atom is -0.341 e. The van der Waals surface area contributed by atoms with Crippen molar-refractivity contribution < 1.29 is 31.5 Å². The average Bonchev–Trinajstić information content (AvgIpc) is 3.38. The van der Waals surface area contributed by atoms with Crippen LogP contribution in [-0.4, -0.2) is 27.2 Å². The number of fused-ring (bicyclic) bond motifs is 3. The lowest BCUT2D eigenvalue weighted by molar-refractivity contribution is -0.137. The zero-order valence-corrected chi connectivity index (χ0v) is 17.7. The molecule has 1 aliphatic rings. The van der Waals surface area contributed by atoms with Crippen LogP contribution in [0.2, 0.25) is 0 Å². The van der Waals surface area contributed by atoms with E-state index in [4.69, 9.17) is 0 Å². The third-order valence-corrected chi connectivity index (χ3v) is 5.73. The number of aryl methyl sites for hydroxylation is 1. The van der Waals surface area contributed by atoms with Crippen LogP contribution in [0, 0.1) is 18.6 Å². The van der Waals surface area contributed by atoms with Crippen LogP contribution in [0.1, 0.15) is 49.0 Å². The largest absolute Gasteiger partial charge is 0.416 e. The van der Waals surface area contributed by atoms with Gasteiger partial charge in [-0.1, -0.05) is 6.07 Å². The summed E-state index contributed by atoms with van der Waals surface area (Å²) in [4.78, 5) is 25.8. The van der Waals surface area contributed by atoms with Crippen molar-refractivity contribution in [3.8, 4) is 0 Å². The van der Waals surface area contributed by atoms with E-state index < -0.39 is 46.8 Å². The first-order chi connectivity index (χ1) is 16.5. The Hall–Kier alpha value is -4.35. The number of anilines is 1. The van der Waals surface area contributed by atoms with E-state index in [1.165, 1.54) is 24.3 Å². The van der Waals surface area contributed by atoms with Gasteiger partial charge in [0.2, 0.25) is 0 Å². The lowest BCUT2D eigenvalue weighted by Gasteiger charge is -2.19. The standard InChI is InChI=1S/C23H14F5N5O2/c1-9-2-3-12(24)7-14(9)19-17-15(8-16-20(32-33-31-16)18(17)22(35)30-19)29-21(34)10-4-11(23(26,27)28)6-13(25)5-10/h2-8,19H,1H3,(H,29,34)(H,30,35)(H,31,32,33). The Bertz CT molecular complexity index is 1530. The van der Waals surface area contributed by atoms with Crippen LogP contribution in [-0.2, 0) is 6.18 Å². The molecule has 0 spiro atoms. The highest BCUT2D eigenvalue weighted by Gasteiger charge is 2.37. The monoisotopic (exact) mass is 487 g/mol. The topological polar surface area (TPSA) is 99.8 Å². The Morgan fingerprint density at radius 1 is 1.03 bits per heavy atom. The molecule has 3 N–H and O–H groups in total. The molecule has 35 heavy (non-hydrogen) atoms. The smallest absolute Gasteiger partial charge is 0.341 e. The number of halogens is 5. The summed E-state index contributed by atoms with van der Waals surface area (Å²) in [7, 11) is 0. The number of hydrogen-bond acceptors (Lipinski definition) is 4. The van der Waals surface area contributed by atoms with Gasteiger partial charge in [0.15, 0.2) is 0 Å². The van der Waals surface area contributed by atoms with Crippen LogP contribution in [0.5, 0.6) is 0 Å². The van der Waals surface area contributed by atoms with Crippen molar-refractivity contribution in [3.05, 3.63) is 87.5 Å². The van der Waals surface area contributed by atoms with Gasteiger partial charge in [0.1, 0.15) is 22.7 Å². The summed E-state index contributed by atoms with van der Waals surface area (Å²) in [5, 5.41) is 15.5. The molecule has 2 heterocycles. The third kappa shape index (κ3) is 3.86. The highest BCUT2D eigenvalue weighted by Crippen LogP contribution is 2.41. The summed E-state index contributed by atoms with van der Waals surface area (Å²) in [6.45, 7) is 1.71. The van der Waals surface area contributed by atoms with Crippen LogP contribution >= 0.6 is 0 Å². The Morgan fingerprint density at radius 2 is 1.80 bits per heavy atom. The van der Waals surface area contributed by atoms with Gasteiger partial charge in [-0.3, -0.25) is 9.59 Å². The number of rotatable bonds is 3. The SMILES string of the molecule is Cc1ccc(F)cc1C1NC(=O)c2c1c(NC(=O)c1cc(F)cc(C(F)(F)F)c1)cc1n[nH]nc21. The molecule has 12 heteroatoms. The molecule has 178 valence electrons. The van der Waals surface area contributed by atoms with Crippen LogP contribution in [0.15, 0.2) is 42.5 Å². The van der Waals surface area contributed by atoms with Gasteiger partial charge in [0.05, 0.1) is 17.2 Å². The first kappa shape index (κ1) is 22.4. The summed E-state index contributed by atoms with van der Waals surface area (Å²) in [6.07, 6.45) is -4.87. The number of carbonyl (C=O) groups excluding carboxylic acids is 2. The quantitative estimate of drug-likeness (QED) is 0.367. The van der Waals surface area contributed by atoms with Crippen LogP contribution < -0.4 is 10.6 Å².